The number of carboxylic acid groups (broad SMARTS) is 1. The first-order valence-corrected chi connectivity index (χ1v) is 6.38. The molecular formula is C12H8BrClN2O3. The van der Waals surface area contributed by atoms with E-state index in [0.717, 1.165) is 5.56 Å². The maximum Gasteiger partial charge on any atom is 0.347 e. The molecule has 2 aromatic rings. The van der Waals surface area contributed by atoms with E-state index in [9.17, 15) is 9.59 Å². The third kappa shape index (κ3) is 3.21. The summed E-state index contributed by atoms with van der Waals surface area (Å²) in [6.07, 6.45) is 2.76. The molecule has 7 heteroatoms. The van der Waals surface area contributed by atoms with E-state index < -0.39 is 11.7 Å². The summed E-state index contributed by atoms with van der Waals surface area (Å²) >= 11 is 9.06. The average molecular weight is 344 g/mol. The Morgan fingerprint density at radius 3 is 2.84 bits per heavy atom. The van der Waals surface area contributed by atoms with Gasteiger partial charge in [0.1, 0.15) is 0 Å². The molecule has 0 aliphatic carbocycles. The normalized spacial score (nSPS) is 10.4. The summed E-state index contributed by atoms with van der Waals surface area (Å²) in [5.74, 6) is -1.01. The molecule has 0 amide bonds. The number of aromatic nitrogens is 2. The molecule has 19 heavy (non-hydrogen) atoms. The molecule has 5 nitrogen and oxygen atoms in total. The number of rotatable bonds is 3. The van der Waals surface area contributed by atoms with Crippen molar-refractivity contribution in [2.24, 2.45) is 0 Å². The molecule has 0 saturated carbocycles. The Kier molecular flexibility index (Phi) is 4.01. The Balaban J connectivity index is 2.36. The molecule has 0 spiro atoms. The van der Waals surface area contributed by atoms with Crippen LogP contribution in [0.2, 0.25) is 5.02 Å². The van der Waals surface area contributed by atoms with Gasteiger partial charge >= 0.3 is 11.7 Å². The molecule has 0 radical (unpaired) electrons. The van der Waals surface area contributed by atoms with Gasteiger partial charge in [-0.15, -0.1) is 0 Å². The number of carbonyl (C=O) groups is 1. The monoisotopic (exact) mass is 342 g/mol. The molecule has 0 bridgehead atoms. The van der Waals surface area contributed by atoms with E-state index in [4.69, 9.17) is 16.7 Å². The highest BCUT2D eigenvalue weighted by Gasteiger charge is 2.08. The lowest BCUT2D eigenvalue weighted by Crippen LogP contribution is -2.22. The fraction of sp³-hybridized carbons (Fsp3) is 0.0833. The van der Waals surface area contributed by atoms with Crippen molar-refractivity contribution in [2.75, 3.05) is 0 Å². The van der Waals surface area contributed by atoms with Gasteiger partial charge in [0.2, 0.25) is 0 Å². The molecule has 0 saturated heterocycles. The molecule has 98 valence electrons. The molecule has 2 rings (SSSR count). The van der Waals surface area contributed by atoms with Gasteiger partial charge in [0.25, 0.3) is 0 Å². The molecule has 1 heterocycles. The van der Waals surface area contributed by atoms with Crippen molar-refractivity contribution >= 4 is 33.5 Å². The van der Waals surface area contributed by atoms with Gasteiger partial charge in [0.15, 0.2) is 0 Å². The van der Waals surface area contributed by atoms with Crippen LogP contribution in [0.1, 0.15) is 15.9 Å². The zero-order valence-corrected chi connectivity index (χ0v) is 11.8. The van der Waals surface area contributed by atoms with Crippen LogP contribution in [0.25, 0.3) is 0 Å². The second kappa shape index (κ2) is 5.54. The zero-order valence-electron chi connectivity index (χ0n) is 9.51. The highest BCUT2D eigenvalue weighted by molar-refractivity contribution is 9.10. The van der Waals surface area contributed by atoms with Gasteiger partial charge in [-0.05, 0) is 17.7 Å². The van der Waals surface area contributed by atoms with Crippen LogP contribution >= 0.6 is 27.5 Å². The van der Waals surface area contributed by atoms with Crippen LogP contribution in [0.5, 0.6) is 0 Å². The van der Waals surface area contributed by atoms with Crippen LogP contribution in [-0.4, -0.2) is 20.6 Å². The van der Waals surface area contributed by atoms with E-state index in [2.05, 4.69) is 20.9 Å². The Morgan fingerprint density at radius 2 is 2.21 bits per heavy atom. The summed E-state index contributed by atoms with van der Waals surface area (Å²) < 4.78 is 1.96. The van der Waals surface area contributed by atoms with Crippen molar-refractivity contribution in [1.82, 2.24) is 9.55 Å². The maximum atomic E-state index is 11.5. The quantitative estimate of drug-likeness (QED) is 0.929. The van der Waals surface area contributed by atoms with Gasteiger partial charge in [0, 0.05) is 10.7 Å². The van der Waals surface area contributed by atoms with Gasteiger partial charge in [-0.25, -0.2) is 14.6 Å². The first-order chi connectivity index (χ1) is 8.97. The maximum absolute atomic E-state index is 11.5. The number of aromatic carboxylic acids is 1. The van der Waals surface area contributed by atoms with Gasteiger partial charge < -0.3 is 5.11 Å². The van der Waals surface area contributed by atoms with Crippen molar-refractivity contribution in [2.45, 2.75) is 6.54 Å². The van der Waals surface area contributed by atoms with Crippen molar-refractivity contribution in [3.63, 3.8) is 0 Å². The van der Waals surface area contributed by atoms with E-state index >= 15 is 0 Å². The topological polar surface area (TPSA) is 72.2 Å². The fourth-order valence-electron chi connectivity index (χ4n) is 1.53. The van der Waals surface area contributed by atoms with Gasteiger partial charge in [-0.2, -0.15) is 0 Å². The molecular weight excluding hydrogens is 336 g/mol. The average Bonchev–Trinajstić information content (AvgIpc) is 2.36. The highest BCUT2D eigenvalue weighted by atomic mass is 79.9. The van der Waals surface area contributed by atoms with Gasteiger partial charge in [-0.3, -0.25) is 4.57 Å². The van der Waals surface area contributed by atoms with E-state index in [-0.39, 0.29) is 12.1 Å². The second-order valence-corrected chi connectivity index (χ2v) is 5.08. The lowest BCUT2D eigenvalue weighted by atomic mass is 10.1. The zero-order chi connectivity index (χ0) is 14.0. The lowest BCUT2D eigenvalue weighted by molar-refractivity contribution is 0.0697. The summed E-state index contributed by atoms with van der Waals surface area (Å²) in [5, 5.41) is 9.23. The number of halogens is 2. The SMILES string of the molecule is O=C(O)c1ccc(Cn2cc(Cl)cnc2=O)c(Br)c1. The number of hydrogen-bond acceptors (Lipinski definition) is 3. The largest absolute Gasteiger partial charge is 0.478 e. The van der Waals surface area contributed by atoms with Crippen molar-refractivity contribution in [1.29, 1.82) is 0 Å². The van der Waals surface area contributed by atoms with E-state index in [1.54, 1.807) is 6.07 Å². The first kappa shape index (κ1) is 13.8. The van der Waals surface area contributed by atoms with Crippen LogP contribution in [0.4, 0.5) is 0 Å². The lowest BCUT2D eigenvalue weighted by Gasteiger charge is -2.08. The summed E-state index contributed by atoms with van der Waals surface area (Å²) in [6.45, 7) is 0.257. The molecule has 0 atom stereocenters. The van der Waals surface area contributed by atoms with E-state index in [1.807, 2.05) is 0 Å². The Bertz CT molecular complexity index is 700. The first-order valence-electron chi connectivity index (χ1n) is 5.21. The van der Waals surface area contributed by atoms with Crippen LogP contribution in [0.15, 0.2) is 39.9 Å². The van der Waals surface area contributed by atoms with E-state index in [0.29, 0.717) is 9.50 Å². The number of benzene rings is 1. The Morgan fingerprint density at radius 1 is 1.47 bits per heavy atom. The van der Waals surface area contributed by atoms with Crippen molar-refractivity contribution in [3.05, 3.63) is 61.7 Å². The van der Waals surface area contributed by atoms with Crippen molar-refractivity contribution < 1.29 is 9.90 Å². The summed E-state index contributed by atoms with van der Waals surface area (Å²) in [4.78, 5) is 26.0. The molecule has 1 aromatic carbocycles. The smallest absolute Gasteiger partial charge is 0.347 e. The third-order valence-corrected chi connectivity index (χ3v) is 3.40. The van der Waals surface area contributed by atoms with Crippen LogP contribution in [-0.2, 0) is 6.54 Å². The number of nitrogens with zero attached hydrogens (tertiary/aromatic N) is 2. The molecule has 0 fully saturated rings. The van der Waals surface area contributed by atoms with Crippen LogP contribution < -0.4 is 5.69 Å². The predicted molar refractivity (Wildman–Crippen MR) is 73.7 cm³/mol. The minimum Gasteiger partial charge on any atom is -0.478 e. The van der Waals surface area contributed by atoms with Gasteiger partial charge in [0.05, 0.1) is 23.3 Å². The summed E-state index contributed by atoms with van der Waals surface area (Å²) in [7, 11) is 0. The van der Waals surface area contributed by atoms with E-state index in [1.165, 1.54) is 29.1 Å². The second-order valence-electron chi connectivity index (χ2n) is 3.79. The standard InChI is InChI=1S/C12H8BrClN2O3/c13-10-3-7(11(17)18)1-2-8(10)5-16-6-9(14)4-15-12(16)19/h1-4,6H,5H2,(H,17,18). The Hall–Kier alpha value is -1.66. The number of carboxylic acids is 1. The third-order valence-electron chi connectivity index (χ3n) is 2.46. The predicted octanol–water partition coefficient (Wildman–Crippen LogP) is 2.41. The highest BCUT2D eigenvalue weighted by Crippen LogP contribution is 2.19. The minimum absolute atomic E-state index is 0.173. The van der Waals surface area contributed by atoms with Crippen LogP contribution in [0.3, 0.4) is 0 Å². The molecule has 0 aliphatic rings. The summed E-state index contributed by atoms with van der Waals surface area (Å²) in [5.41, 5.74) is 0.516. The number of hydrogen-bond donors (Lipinski definition) is 1. The van der Waals surface area contributed by atoms with Gasteiger partial charge in [-0.1, -0.05) is 33.6 Å². The van der Waals surface area contributed by atoms with Crippen LogP contribution in [0, 0.1) is 0 Å². The molecule has 1 N–H and O–H groups in total. The Labute approximate surface area is 121 Å². The molecule has 1 aromatic heterocycles. The molecule has 0 unspecified atom stereocenters. The minimum atomic E-state index is -1.01. The van der Waals surface area contributed by atoms with Crippen molar-refractivity contribution in [3.8, 4) is 0 Å². The molecule has 0 aliphatic heterocycles. The summed E-state index contributed by atoms with van der Waals surface area (Å²) in [6, 6.07) is 4.60. The fourth-order valence-corrected chi connectivity index (χ4v) is 2.20.